The van der Waals surface area contributed by atoms with E-state index in [9.17, 15) is 4.79 Å². The third kappa shape index (κ3) is 2.77. The van der Waals surface area contributed by atoms with Crippen LogP contribution in [0.4, 0.5) is 0 Å². The van der Waals surface area contributed by atoms with Gasteiger partial charge >= 0.3 is 0 Å². The largest absolute Gasteiger partial charge is 0.338 e. The zero-order valence-corrected chi connectivity index (χ0v) is 18.7. The lowest BCUT2D eigenvalue weighted by Gasteiger charge is -2.64. The topological polar surface area (TPSA) is 20.3 Å². The number of amides is 1. The fourth-order valence-electron chi connectivity index (χ4n) is 8.34. The molecule has 1 aromatic carbocycles. The van der Waals surface area contributed by atoms with Gasteiger partial charge < -0.3 is 4.90 Å². The molecule has 7 atom stereocenters. The molecule has 0 bridgehead atoms. The van der Waals surface area contributed by atoms with Gasteiger partial charge in [0, 0.05) is 13.5 Å². The molecule has 0 N–H and O–H groups in total. The summed E-state index contributed by atoms with van der Waals surface area (Å²) in [6, 6.07) is 11.0. The lowest BCUT2D eigenvalue weighted by Crippen LogP contribution is -2.64. The van der Waals surface area contributed by atoms with Crippen molar-refractivity contribution in [3.05, 3.63) is 41.5 Å². The first-order valence-electron chi connectivity index (χ1n) is 11.9. The average molecular weight is 392 g/mol. The van der Waals surface area contributed by atoms with Gasteiger partial charge in [-0.2, -0.15) is 0 Å². The van der Waals surface area contributed by atoms with Crippen molar-refractivity contribution < 1.29 is 4.79 Å². The molecule has 1 aromatic rings. The molecule has 3 saturated carbocycles. The Morgan fingerprint density at radius 2 is 1.79 bits per heavy atom. The van der Waals surface area contributed by atoms with Crippen LogP contribution in [0.5, 0.6) is 0 Å². The number of likely N-dealkylation sites (tertiary alicyclic amines) is 1. The summed E-state index contributed by atoms with van der Waals surface area (Å²) in [5.74, 6) is 3.26. The Hall–Kier alpha value is -1.57. The monoisotopic (exact) mass is 391 g/mol. The second-order valence-corrected chi connectivity index (χ2v) is 11.1. The molecule has 0 spiro atoms. The van der Waals surface area contributed by atoms with Crippen LogP contribution in [0.15, 0.2) is 35.9 Å². The number of likely N-dealkylation sites (N-methyl/N-ethyl adjacent to an activating group) is 1. The maximum absolute atomic E-state index is 12.8. The highest BCUT2D eigenvalue weighted by Gasteiger charge is 2.62. The van der Waals surface area contributed by atoms with Crippen LogP contribution in [0.3, 0.4) is 0 Å². The van der Waals surface area contributed by atoms with Gasteiger partial charge in [-0.15, -0.1) is 0 Å². The van der Waals surface area contributed by atoms with Gasteiger partial charge in [0.15, 0.2) is 0 Å². The van der Waals surface area contributed by atoms with E-state index in [4.69, 9.17) is 0 Å². The maximum Gasteiger partial charge on any atom is 0.222 e. The van der Waals surface area contributed by atoms with Gasteiger partial charge in [-0.05, 0) is 77.7 Å². The highest BCUT2D eigenvalue weighted by molar-refractivity contribution is 5.78. The van der Waals surface area contributed by atoms with Crippen LogP contribution >= 0.6 is 0 Å². The Bertz CT molecular complexity index is 828. The van der Waals surface area contributed by atoms with Crippen LogP contribution in [0.1, 0.15) is 71.3 Å². The molecular weight excluding hydrogens is 354 g/mol. The van der Waals surface area contributed by atoms with Crippen LogP contribution < -0.4 is 0 Å². The fraction of sp³-hybridized carbons (Fsp3) is 0.667. The van der Waals surface area contributed by atoms with Crippen molar-refractivity contribution in [2.75, 3.05) is 7.05 Å². The van der Waals surface area contributed by atoms with Crippen LogP contribution in [-0.2, 0) is 4.79 Å². The SMILES string of the molecule is CC1C(=Cc2ccccc2)C2N(C)C(=O)CC[C@]2(C)[C@@H]2CC[C@]3(C)CCC[C@H]3[C@H]12. The van der Waals surface area contributed by atoms with Gasteiger partial charge in [0.25, 0.3) is 0 Å². The summed E-state index contributed by atoms with van der Waals surface area (Å²) >= 11 is 0. The van der Waals surface area contributed by atoms with Crippen molar-refractivity contribution >= 4 is 12.0 Å². The molecule has 29 heavy (non-hydrogen) atoms. The van der Waals surface area contributed by atoms with Gasteiger partial charge in [-0.25, -0.2) is 0 Å². The molecule has 1 saturated heterocycles. The molecule has 2 unspecified atom stereocenters. The molecule has 0 radical (unpaired) electrons. The van der Waals surface area contributed by atoms with E-state index < -0.39 is 0 Å². The van der Waals surface area contributed by atoms with Gasteiger partial charge in [-0.3, -0.25) is 4.79 Å². The highest BCUT2D eigenvalue weighted by atomic mass is 16.2. The summed E-state index contributed by atoms with van der Waals surface area (Å²) in [4.78, 5) is 14.9. The Kier molecular flexibility index (Phi) is 4.50. The van der Waals surface area contributed by atoms with Crippen molar-refractivity contribution in [1.29, 1.82) is 0 Å². The van der Waals surface area contributed by atoms with E-state index in [1.807, 2.05) is 0 Å². The zero-order valence-electron chi connectivity index (χ0n) is 18.7. The van der Waals surface area contributed by atoms with Crippen molar-refractivity contribution in [1.82, 2.24) is 4.90 Å². The van der Waals surface area contributed by atoms with Crippen molar-refractivity contribution in [2.45, 2.75) is 71.8 Å². The smallest absolute Gasteiger partial charge is 0.222 e. The summed E-state index contributed by atoms with van der Waals surface area (Å²) in [7, 11) is 2.07. The number of piperidine rings is 1. The highest BCUT2D eigenvalue weighted by Crippen LogP contribution is 2.67. The molecule has 5 rings (SSSR count). The van der Waals surface area contributed by atoms with Crippen molar-refractivity contribution in [3.63, 3.8) is 0 Å². The molecule has 1 heterocycles. The Labute approximate surface area is 176 Å². The number of rotatable bonds is 1. The first-order valence-corrected chi connectivity index (χ1v) is 11.9. The average Bonchev–Trinajstić information content (AvgIpc) is 3.11. The Morgan fingerprint density at radius 3 is 2.55 bits per heavy atom. The predicted molar refractivity (Wildman–Crippen MR) is 119 cm³/mol. The van der Waals surface area contributed by atoms with E-state index in [0.717, 1.165) is 30.6 Å². The lowest BCUT2D eigenvalue weighted by atomic mass is 9.44. The van der Waals surface area contributed by atoms with E-state index >= 15 is 0 Å². The normalized spacial score (nSPS) is 45.7. The standard InChI is InChI=1S/C27H37NO/c1-18-20(17-19-9-6-5-7-10-19)25-27(3,16-13-23(29)28(25)4)22-12-15-26(2)14-8-11-21(26)24(18)22/h5-7,9-10,17-18,21-22,24-25H,8,11-16H2,1-4H3/t18?,21-,22+,24-,25?,26-,27+/m0/s1. The molecule has 156 valence electrons. The number of carbonyl (C=O) groups excluding carboxylic acids is 1. The number of carbonyl (C=O) groups is 1. The summed E-state index contributed by atoms with van der Waals surface area (Å²) in [5.41, 5.74) is 3.57. The van der Waals surface area contributed by atoms with Gasteiger partial charge in [0.1, 0.15) is 0 Å². The number of hydrogen-bond acceptors (Lipinski definition) is 1. The molecule has 3 aliphatic carbocycles. The van der Waals surface area contributed by atoms with E-state index in [0.29, 0.717) is 17.2 Å². The Balaban J connectivity index is 1.65. The quantitative estimate of drug-likeness (QED) is 0.560. The molecule has 0 aromatic heterocycles. The van der Waals surface area contributed by atoms with Crippen molar-refractivity contribution in [2.24, 2.45) is 34.5 Å². The fourth-order valence-corrected chi connectivity index (χ4v) is 8.34. The van der Waals surface area contributed by atoms with Gasteiger partial charge in [0.05, 0.1) is 6.04 Å². The van der Waals surface area contributed by atoms with E-state index in [1.165, 1.54) is 43.2 Å². The van der Waals surface area contributed by atoms with E-state index in [1.54, 1.807) is 0 Å². The molecule has 4 fully saturated rings. The first-order chi connectivity index (χ1) is 13.8. The third-order valence-electron chi connectivity index (χ3n) is 9.80. The van der Waals surface area contributed by atoms with Crippen LogP contribution in [0.2, 0.25) is 0 Å². The second kappa shape index (κ2) is 6.72. The lowest BCUT2D eigenvalue weighted by molar-refractivity contribution is -0.153. The minimum atomic E-state index is 0.213. The summed E-state index contributed by atoms with van der Waals surface area (Å²) in [6.07, 6.45) is 11.2. The summed E-state index contributed by atoms with van der Waals surface area (Å²) in [5, 5.41) is 0. The van der Waals surface area contributed by atoms with Crippen LogP contribution in [-0.4, -0.2) is 23.9 Å². The maximum atomic E-state index is 12.8. The molecule has 1 amide bonds. The Morgan fingerprint density at radius 1 is 1.03 bits per heavy atom. The third-order valence-corrected chi connectivity index (χ3v) is 9.80. The molecule has 2 heteroatoms. The van der Waals surface area contributed by atoms with E-state index in [2.05, 4.69) is 69.1 Å². The van der Waals surface area contributed by atoms with Crippen LogP contribution in [0.25, 0.3) is 6.08 Å². The second-order valence-electron chi connectivity index (χ2n) is 11.1. The van der Waals surface area contributed by atoms with Crippen LogP contribution in [0, 0.1) is 34.5 Å². The number of nitrogens with zero attached hydrogens (tertiary/aromatic N) is 1. The van der Waals surface area contributed by atoms with E-state index in [-0.39, 0.29) is 11.5 Å². The molecule has 1 aliphatic heterocycles. The minimum absolute atomic E-state index is 0.213. The minimum Gasteiger partial charge on any atom is -0.338 e. The molecular formula is C27H37NO. The molecule has 2 nitrogen and oxygen atoms in total. The number of benzene rings is 1. The zero-order chi connectivity index (χ0) is 20.4. The summed E-state index contributed by atoms with van der Waals surface area (Å²) < 4.78 is 0. The number of fused-ring (bicyclic) bond motifs is 5. The number of hydrogen-bond donors (Lipinski definition) is 0. The van der Waals surface area contributed by atoms with Crippen molar-refractivity contribution in [3.8, 4) is 0 Å². The van der Waals surface area contributed by atoms with Gasteiger partial charge in [-0.1, -0.05) is 63.6 Å². The first kappa shape index (κ1) is 19.4. The predicted octanol–water partition coefficient (Wildman–Crippen LogP) is 6.18. The summed E-state index contributed by atoms with van der Waals surface area (Å²) in [6.45, 7) is 7.60. The van der Waals surface area contributed by atoms with Gasteiger partial charge in [0.2, 0.25) is 5.91 Å². The molecule has 4 aliphatic rings.